The number of aromatic nitrogens is 3. The maximum atomic E-state index is 12.9. The first-order valence-electron chi connectivity index (χ1n) is 10.3. The van der Waals surface area contributed by atoms with E-state index >= 15 is 0 Å². The van der Waals surface area contributed by atoms with E-state index in [-0.39, 0.29) is 12.5 Å². The molecule has 2 aromatic heterocycles. The molecule has 1 aromatic carbocycles. The summed E-state index contributed by atoms with van der Waals surface area (Å²) in [6.07, 6.45) is 2.48. The van der Waals surface area contributed by atoms with Gasteiger partial charge in [0.05, 0.1) is 15.7 Å². The summed E-state index contributed by atoms with van der Waals surface area (Å²) in [7, 11) is 0. The Kier molecular flexibility index (Phi) is 6.48. The molecule has 0 spiro atoms. The van der Waals surface area contributed by atoms with Gasteiger partial charge in [-0.2, -0.15) is 5.10 Å². The fraction of sp³-hybridized carbons (Fsp3) is 0.304. The van der Waals surface area contributed by atoms with Gasteiger partial charge in [0, 0.05) is 54.9 Å². The lowest BCUT2D eigenvalue weighted by molar-refractivity contribution is -0.132. The molecule has 3 heterocycles. The smallest absolute Gasteiger partial charge is 0.244 e. The van der Waals surface area contributed by atoms with Gasteiger partial charge in [-0.3, -0.25) is 19.3 Å². The molecule has 0 atom stereocenters. The molecule has 0 radical (unpaired) electrons. The Labute approximate surface area is 196 Å². The molecule has 1 amide bonds. The second-order valence-corrected chi connectivity index (χ2v) is 8.57. The van der Waals surface area contributed by atoms with Crippen molar-refractivity contribution in [3.63, 3.8) is 0 Å². The molecule has 166 valence electrons. The molecule has 9 heteroatoms. The van der Waals surface area contributed by atoms with Gasteiger partial charge in [-0.15, -0.1) is 0 Å². The number of carbonyl (C=O) groups excluding carboxylic acids is 2. The van der Waals surface area contributed by atoms with Gasteiger partial charge in [0.15, 0.2) is 6.29 Å². The van der Waals surface area contributed by atoms with Crippen molar-refractivity contribution in [3.8, 4) is 11.3 Å². The highest BCUT2D eigenvalue weighted by atomic mass is 35.5. The number of carbonyl (C=O) groups is 2. The number of halogens is 2. The molecular formula is C23H23Cl2N5O2. The zero-order chi connectivity index (χ0) is 22.8. The van der Waals surface area contributed by atoms with E-state index in [1.54, 1.807) is 23.0 Å². The molecule has 32 heavy (non-hydrogen) atoms. The van der Waals surface area contributed by atoms with Crippen LogP contribution in [0.15, 0.2) is 36.5 Å². The standard InChI is InChI=1S/C23H23Cl2N5O2/c1-15-11-17(5-6-26-15)23-22(25)16(2)30(27-23)13-21(32)29-9-7-28(8-10-29)19-3-4-20(24)18(12-19)14-31/h3-6,11-12,14H,7-10,13H2,1-2H3. The van der Waals surface area contributed by atoms with Gasteiger partial charge in [0.1, 0.15) is 12.2 Å². The Balaban J connectivity index is 1.42. The second kappa shape index (κ2) is 9.30. The summed E-state index contributed by atoms with van der Waals surface area (Å²) in [4.78, 5) is 32.3. The van der Waals surface area contributed by atoms with E-state index in [1.807, 2.05) is 36.9 Å². The number of rotatable bonds is 5. The molecule has 1 fully saturated rings. The predicted octanol–water partition coefficient (Wildman–Crippen LogP) is 4.03. The number of hydrogen-bond donors (Lipinski definition) is 0. The molecule has 1 aliphatic rings. The summed E-state index contributed by atoms with van der Waals surface area (Å²) in [5.74, 6) is -0.00550. The first-order chi connectivity index (χ1) is 15.4. The number of pyridine rings is 1. The van der Waals surface area contributed by atoms with Crippen LogP contribution in [0.25, 0.3) is 11.3 Å². The fourth-order valence-electron chi connectivity index (χ4n) is 3.82. The van der Waals surface area contributed by atoms with Crippen LogP contribution in [0.4, 0.5) is 5.69 Å². The molecule has 0 bridgehead atoms. The molecule has 1 saturated heterocycles. The van der Waals surface area contributed by atoms with Crippen molar-refractivity contribution in [1.82, 2.24) is 19.7 Å². The number of anilines is 1. The number of aldehydes is 1. The van der Waals surface area contributed by atoms with Crippen LogP contribution in [-0.4, -0.2) is 58.0 Å². The normalized spacial score (nSPS) is 14.0. The third-order valence-electron chi connectivity index (χ3n) is 5.69. The Hall–Kier alpha value is -2.90. The van der Waals surface area contributed by atoms with Crippen LogP contribution in [0.5, 0.6) is 0 Å². The van der Waals surface area contributed by atoms with Crippen LogP contribution in [-0.2, 0) is 11.3 Å². The van der Waals surface area contributed by atoms with Gasteiger partial charge >= 0.3 is 0 Å². The second-order valence-electron chi connectivity index (χ2n) is 7.78. The number of piperazine rings is 1. The van der Waals surface area contributed by atoms with Crippen LogP contribution >= 0.6 is 23.2 Å². The van der Waals surface area contributed by atoms with E-state index in [0.29, 0.717) is 47.5 Å². The number of nitrogens with zero attached hydrogens (tertiary/aromatic N) is 5. The molecular weight excluding hydrogens is 449 g/mol. The number of amides is 1. The van der Waals surface area contributed by atoms with Gasteiger partial charge < -0.3 is 9.80 Å². The van der Waals surface area contributed by atoms with Crippen molar-refractivity contribution < 1.29 is 9.59 Å². The maximum absolute atomic E-state index is 12.9. The predicted molar refractivity (Wildman–Crippen MR) is 126 cm³/mol. The third kappa shape index (κ3) is 4.49. The molecule has 7 nitrogen and oxygen atoms in total. The Morgan fingerprint density at radius 2 is 1.84 bits per heavy atom. The van der Waals surface area contributed by atoms with Crippen LogP contribution in [0, 0.1) is 13.8 Å². The highest BCUT2D eigenvalue weighted by Gasteiger charge is 2.24. The van der Waals surface area contributed by atoms with Gasteiger partial charge in [-0.25, -0.2) is 0 Å². The van der Waals surface area contributed by atoms with Crippen molar-refractivity contribution >= 4 is 41.1 Å². The summed E-state index contributed by atoms with van der Waals surface area (Å²) in [6, 6.07) is 9.18. The molecule has 0 N–H and O–H groups in total. The first-order valence-corrected chi connectivity index (χ1v) is 11.1. The van der Waals surface area contributed by atoms with Gasteiger partial charge in [-0.1, -0.05) is 23.2 Å². The maximum Gasteiger partial charge on any atom is 0.244 e. The monoisotopic (exact) mass is 471 g/mol. The third-order valence-corrected chi connectivity index (χ3v) is 6.49. The van der Waals surface area contributed by atoms with Crippen LogP contribution < -0.4 is 4.90 Å². The largest absolute Gasteiger partial charge is 0.368 e. The summed E-state index contributed by atoms with van der Waals surface area (Å²) >= 11 is 12.5. The zero-order valence-electron chi connectivity index (χ0n) is 17.9. The zero-order valence-corrected chi connectivity index (χ0v) is 19.4. The summed E-state index contributed by atoms with van der Waals surface area (Å²) in [5.41, 5.74) is 4.56. The molecule has 0 saturated carbocycles. The van der Waals surface area contributed by atoms with Crippen LogP contribution in [0.1, 0.15) is 21.7 Å². The van der Waals surface area contributed by atoms with E-state index in [0.717, 1.165) is 28.9 Å². The van der Waals surface area contributed by atoms with Crippen molar-refractivity contribution in [2.45, 2.75) is 20.4 Å². The minimum Gasteiger partial charge on any atom is -0.368 e. The number of aryl methyl sites for hydroxylation is 1. The van der Waals surface area contributed by atoms with E-state index in [2.05, 4.69) is 15.0 Å². The Morgan fingerprint density at radius 3 is 2.53 bits per heavy atom. The molecule has 0 aliphatic carbocycles. The average Bonchev–Trinajstić information content (AvgIpc) is 3.08. The van der Waals surface area contributed by atoms with Crippen molar-refractivity contribution in [3.05, 3.63) is 63.5 Å². The first kappa shape index (κ1) is 22.3. The van der Waals surface area contributed by atoms with Crippen LogP contribution in [0.2, 0.25) is 10.0 Å². The Morgan fingerprint density at radius 1 is 1.09 bits per heavy atom. The minimum atomic E-state index is -0.00550. The van der Waals surface area contributed by atoms with Gasteiger partial charge in [-0.05, 0) is 44.2 Å². The summed E-state index contributed by atoms with van der Waals surface area (Å²) in [6.45, 7) is 6.42. The Bertz CT molecular complexity index is 1170. The molecule has 4 rings (SSSR count). The SMILES string of the molecule is Cc1cc(-c2nn(CC(=O)N3CCN(c4ccc(Cl)c(C=O)c4)CC3)c(C)c2Cl)ccn1. The summed E-state index contributed by atoms with van der Waals surface area (Å²) in [5, 5.41) is 5.58. The number of benzene rings is 1. The molecule has 3 aromatic rings. The topological polar surface area (TPSA) is 71.3 Å². The molecule has 1 aliphatic heterocycles. The minimum absolute atomic E-state index is 0.00550. The van der Waals surface area contributed by atoms with Crippen molar-refractivity contribution in [1.29, 1.82) is 0 Å². The lowest BCUT2D eigenvalue weighted by atomic mass is 10.1. The fourth-order valence-corrected chi connectivity index (χ4v) is 4.22. The van der Waals surface area contributed by atoms with E-state index in [9.17, 15) is 9.59 Å². The van der Waals surface area contributed by atoms with E-state index in [4.69, 9.17) is 23.2 Å². The lowest BCUT2D eigenvalue weighted by Gasteiger charge is -2.36. The average molecular weight is 472 g/mol. The highest BCUT2D eigenvalue weighted by molar-refractivity contribution is 6.33. The summed E-state index contributed by atoms with van der Waals surface area (Å²) < 4.78 is 1.66. The van der Waals surface area contributed by atoms with Gasteiger partial charge in [0.25, 0.3) is 0 Å². The van der Waals surface area contributed by atoms with E-state index in [1.165, 1.54) is 0 Å². The highest BCUT2D eigenvalue weighted by Crippen LogP contribution is 2.30. The molecule has 0 unspecified atom stereocenters. The number of hydrogen-bond acceptors (Lipinski definition) is 5. The van der Waals surface area contributed by atoms with Crippen LogP contribution in [0.3, 0.4) is 0 Å². The van der Waals surface area contributed by atoms with Gasteiger partial charge in [0.2, 0.25) is 5.91 Å². The van der Waals surface area contributed by atoms with Crippen molar-refractivity contribution in [2.75, 3.05) is 31.1 Å². The van der Waals surface area contributed by atoms with E-state index < -0.39 is 0 Å². The van der Waals surface area contributed by atoms with Crippen molar-refractivity contribution in [2.24, 2.45) is 0 Å². The lowest BCUT2D eigenvalue weighted by Crippen LogP contribution is -2.49. The quantitative estimate of drug-likeness (QED) is 0.525.